The van der Waals surface area contributed by atoms with E-state index in [-0.39, 0.29) is 36.9 Å². The zero-order valence-corrected chi connectivity index (χ0v) is 20.6. The number of aryl methyl sites for hydroxylation is 2. The molecule has 2 aromatic rings. The van der Waals surface area contributed by atoms with Crippen molar-refractivity contribution in [1.29, 1.82) is 0 Å². The van der Waals surface area contributed by atoms with Gasteiger partial charge in [-0.3, -0.25) is 15.0 Å². The number of aromatic nitrogens is 1. The van der Waals surface area contributed by atoms with E-state index in [1.807, 2.05) is 19.9 Å². The van der Waals surface area contributed by atoms with E-state index in [2.05, 4.69) is 42.1 Å². The molecule has 3 rings (SSSR count). The normalized spacial score (nSPS) is 15.7. The summed E-state index contributed by atoms with van der Waals surface area (Å²) >= 11 is 0. The van der Waals surface area contributed by atoms with Gasteiger partial charge in [0.1, 0.15) is 5.75 Å². The topological polar surface area (TPSA) is 98.8 Å². The molecule has 0 saturated heterocycles. The quantitative estimate of drug-likeness (QED) is 0.246. The Hall–Kier alpha value is -2.58. The van der Waals surface area contributed by atoms with E-state index in [0.717, 1.165) is 55.1 Å². The van der Waals surface area contributed by atoms with E-state index in [1.54, 1.807) is 0 Å². The van der Waals surface area contributed by atoms with E-state index in [0.29, 0.717) is 5.75 Å². The number of hydrazine groups is 1. The van der Waals surface area contributed by atoms with Gasteiger partial charge in [-0.05, 0) is 89.9 Å². The molecule has 8 nitrogen and oxygen atoms in total. The fourth-order valence-electron chi connectivity index (χ4n) is 4.84. The van der Waals surface area contributed by atoms with E-state index < -0.39 is 0 Å². The Morgan fingerprint density at radius 2 is 2.06 bits per heavy atom. The number of amides is 1. The third-order valence-electron chi connectivity index (χ3n) is 6.21. The number of nitrogens with zero attached hydrogens (tertiary/aromatic N) is 2. The van der Waals surface area contributed by atoms with Gasteiger partial charge in [0.25, 0.3) is 0 Å². The Kier molecular flexibility index (Phi) is 8.37. The molecule has 0 spiro atoms. The second-order valence-electron chi connectivity index (χ2n) is 9.40. The molecule has 1 atom stereocenters. The first-order chi connectivity index (χ1) is 15.7. The van der Waals surface area contributed by atoms with Gasteiger partial charge in [0.05, 0.1) is 30.6 Å². The van der Waals surface area contributed by atoms with Crippen LogP contribution in [-0.2, 0) is 34.2 Å². The molecule has 1 aromatic carbocycles. The van der Waals surface area contributed by atoms with Crippen LogP contribution in [0.3, 0.4) is 0 Å². The van der Waals surface area contributed by atoms with Crippen molar-refractivity contribution in [2.45, 2.75) is 64.4 Å². The highest BCUT2D eigenvalue weighted by atomic mass is 16.5. The number of carbonyl (C=O) groups excluding carboxylic acids is 2. The van der Waals surface area contributed by atoms with Gasteiger partial charge in [0.15, 0.2) is 0 Å². The lowest BCUT2D eigenvalue weighted by Crippen LogP contribution is -2.36. The minimum atomic E-state index is -0.270. The molecule has 0 saturated carbocycles. The predicted octanol–water partition coefficient (Wildman–Crippen LogP) is 2.80. The molecule has 8 heteroatoms. The van der Waals surface area contributed by atoms with Crippen LogP contribution >= 0.6 is 0 Å². The molecule has 1 aromatic heterocycles. The number of benzene rings is 1. The summed E-state index contributed by atoms with van der Waals surface area (Å²) in [5.41, 5.74) is 6.95. The summed E-state index contributed by atoms with van der Waals surface area (Å²) in [6.07, 6.45) is 4.61. The Balaban J connectivity index is 1.98. The van der Waals surface area contributed by atoms with E-state index in [1.165, 1.54) is 11.3 Å². The number of hydrogen-bond donors (Lipinski definition) is 2. The second-order valence-corrected chi connectivity index (χ2v) is 9.40. The van der Waals surface area contributed by atoms with Crippen LogP contribution in [0, 0.1) is 0 Å². The molecule has 1 aliphatic rings. The zero-order chi connectivity index (χ0) is 24.1. The number of nitrogens with one attached hydrogen (secondary N) is 1. The number of nitrogens with two attached hydrogens (primary N) is 1. The van der Waals surface area contributed by atoms with Gasteiger partial charge in [-0.25, -0.2) is 5.84 Å². The first-order valence-electron chi connectivity index (χ1n) is 11.8. The van der Waals surface area contributed by atoms with Crippen molar-refractivity contribution in [3.8, 4) is 5.75 Å². The fourth-order valence-corrected chi connectivity index (χ4v) is 4.84. The van der Waals surface area contributed by atoms with Gasteiger partial charge in [-0.15, -0.1) is 0 Å². The van der Waals surface area contributed by atoms with Crippen molar-refractivity contribution in [3.05, 3.63) is 29.0 Å². The third kappa shape index (κ3) is 5.86. The summed E-state index contributed by atoms with van der Waals surface area (Å²) in [4.78, 5) is 26.7. The number of hydrogen-bond acceptors (Lipinski definition) is 6. The molecule has 0 bridgehead atoms. The number of ether oxygens (including phenoxy) is 2. The summed E-state index contributed by atoms with van der Waals surface area (Å²) in [5, 5.41) is 1.04. The van der Waals surface area contributed by atoms with Crippen molar-refractivity contribution in [1.82, 2.24) is 14.9 Å². The molecule has 3 N–H and O–H groups in total. The predicted molar refractivity (Wildman–Crippen MR) is 129 cm³/mol. The molecule has 1 aliphatic carbocycles. The van der Waals surface area contributed by atoms with Crippen LogP contribution in [0.5, 0.6) is 5.75 Å². The van der Waals surface area contributed by atoms with E-state index in [4.69, 9.17) is 15.3 Å². The molecule has 1 amide bonds. The number of rotatable bonds is 10. The summed E-state index contributed by atoms with van der Waals surface area (Å²) in [6.45, 7) is 4.89. The van der Waals surface area contributed by atoms with Crippen molar-refractivity contribution in [3.63, 3.8) is 0 Å². The smallest absolute Gasteiger partial charge is 0.309 e. The van der Waals surface area contributed by atoms with Gasteiger partial charge in [0.2, 0.25) is 5.91 Å². The highest BCUT2D eigenvalue weighted by Crippen LogP contribution is 2.41. The highest BCUT2D eigenvalue weighted by molar-refractivity contribution is 5.96. The van der Waals surface area contributed by atoms with Gasteiger partial charge in [0, 0.05) is 18.1 Å². The lowest BCUT2D eigenvalue weighted by molar-refractivity contribution is -0.147. The largest absolute Gasteiger partial charge is 0.493 e. The van der Waals surface area contributed by atoms with Crippen LogP contribution in [-0.4, -0.2) is 54.7 Å². The molecule has 0 aliphatic heterocycles. The summed E-state index contributed by atoms with van der Waals surface area (Å²) in [6, 6.07) is 4.09. The molecular weight excluding hydrogens is 420 g/mol. The van der Waals surface area contributed by atoms with Crippen molar-refractivity contribution < 1.29 is 19.1 Å². The third-order valence-corrected chi connectivity index (χ3v) is 6.21. The first kappa shape index (κ1) is 25.1. The average molecular weight is 459 g/mol. The van der Waals surface area contributed by atoms with Gasteiger partial charge in [-0.1, -0.05) is 0 Å². The Bertz CT molecular complexity index is 996. The van der Waals surface area contributed by atoms with Crippen molar-refractivity contribution in [2.75, 3.05) is 27.2 Å². The Morgan fingerprint density at radius 3 is 2.73 bits per heavy atom. The minimum absolute atomic E-state index is 0.140. The number of esters is 1. The lowest BCUT2D eigenvalue weighted by atomic mass is 9.84. The van der Waals surface area contributed by atoms with Crippen LogP contribution in [0.1, 0.15) is 62.3 Å². The summed E-state index contributed by atoms with van der Waals surface area (Å²) in [5.74, 6) is 5.54. The maximum Gasteiger partial charge on any atom is 0.309 e. The van der Waals surface area contributed by atoms with Crippen molar-refractivity contribution in [2.24, 2.45) is 12.9 Å². The molecule has 182 valence electrons. The zero-order valence-electron chi connectivity index (χ0n) is 20.6. The summed E-state index contributed by atoms with van der Waals surface area (Å²) in [7, 11) is 6.23. The lowest BCUT2D eigenvalue weighted by Gasteiger charge is -2.22. The standard InChI is InChI=1S/C25H38N4O4/c1-16(2)33-22(30)11-13-32-18-14-17(8-7-12-28(3)4)24-20(15-18)23-19(25(31)27-26)9-6-10-21(23)29(24)5/h14-16,19H,6-13,26H2,1-5H3,(H,27,31)/t19-/m0/s1. The number of carbonyl (C=O) groups is 2. The summed E-state index contributed by atoms with van der Waals surface area (Å²) < 4.78 is 13.5. The maximum absolute atomic E-state index is 12.6. The molecule has 0 unspecified atom stereocenters. The molecule has 1 heterocycles. The molecule has 0 fully saturated rings. The molecule has 33 heavy (non-hydrogen) atoms. The highest BCUT2D eigenvalue weighted by Gasteiger charge is 2.32. The second kappa shape index (κ2) is 11.0. The maximum atomic E-state index is 12.6. The SMILES string of the molecule is CC(C)OC(=O)CCOc1cc(CCCN(C)C)c2c(c1)c1c(n2C)CCC[C@@H]1C(=O)NN. The van der Waals surface area contributed by atoms with Crippen LogP contribution < -0.4 is 16.0 Å². The minimum Gasteiger partial charge on any atom is -0.493 e. The molecule has 0 radical (unpaired) electrons. The Labute approximate surface area is 196 Å². The van der Waals surface area contributed by atoms with Crippen molar-refractivity contribution >= 4 is 22.8 Å². The monoisotopic (exact) mass is 458 g/mol. The van der Waals surface area contributed by atoms with E-state index in [9.17, 15) is 9.59 Å². The van der Waals surface area contributed by atoms with Gasteiger partial charge >= 0.3 is 5.97 Å². The van der Waals surface area contributed by atoms with Crippen LogP contribution in [0.15, 0.2) is 12.1 Å². The van der Waals surface area contributed by atoms with Gasteiger partial charge < -0.3 is 18.9 Å². The average Bonchev–Trinajstić information content (AvgIpc) is 3.05. The van der Waals surface area contributed by atoms with Crippen LogP contribution in [0.2, 0.25) is 0 Å². The number of fused-ring (bicyclic) bond motifs is 3. The molecular formula is C25H38N4O4. The van der Waals surface area contributed by atoms with Gasteiger partial charge in [-0.2, -0.15) is 0 Å². The fraction of sp³-hybridized carbons (Fsp3) is 0.600. The first-order valence-corrected chi connectivity index (χ1v) is 11.8. The van der Waals surface area contributed by atoms with E-state index >= 15 is 0 Å². The Morgan fingerprint density at radius 1 is 1.30 bits per heavy atom. The van der Waals surface area contributed by atoms with Crippen LogP contribution in [0.4, 0.5) is 0 Å². The van der Waals surface area contributed by atoms with Crippen LogP contribution in [0.25, 0.3) is 10.9 Å².